The first-order valence-corrected chi connectivity index (χ1v) is 12.2. The number of benzene rings is 2. The van der Waals surface area contributed by atoms with E-state index in [0.717, 1.165) is 30.2 Å². The smallest absolute Gasteiger partial charge is 0.229 e. The first-order valence-electron chi connectivity index (χ1n) is 11.8. The fraction of sp³-hybridized carbons (Fsp3) is 0.308. The zero-order valence-corrected chi connectivity index (χ0v) is 22.1. The van der Waals surface area contributed by atoms with Gasteiger partial charge < -0.3 is 24.6 Å². The SMILES string of the molecule is COc1cc(NC(=S)/N=C(/Nc2nc(C)cc(C)n2)N2CCN(c3ccc(F)cc3)CC2)cc(OC)c1. The van der Waals surface area contributed by atoms with E-state index in [-0.39, 0.29) is 10.9 Å². The first kappa shape index (κ1) is 26.1. The number of thiocarbonyl (C=S) groups is 1. The minimum absolute atomic E-state index is 0.246. The minimum Gasteiger partial charge on any atom is -0.497 e. The number of halogens is 1. The number of nitrogens with one attached hydrogen (secondary N) is 2. The highest BCUT2D eigenvalue weighted by Crippen LogP contribution is 2.26. The minimum atomic E-state index is -0.246. The summed E-state index contributed by atoms with van der Waals surface area (Å²) in [6.45, 7) is 6.63. The molecule has 0 unspecified atom stereocenters. The summed E-state index contributed by atoms with van der Waals surface area (Å²) in [6, 6.07) is 13.9. The van der Waals surface area contributed by atoms with Gasteiger partial charge in [-0.15, -0.1) is 0 Å². The molecule has 11 heteroatoms. The Hall–Kier alpha value is -3.99. The van der Waals surface area contributed by atoms with Gasteiger partial charge in [-0.3, -0.25) is 5.32 Å². The maximum absolute atomic E-state index is 13.4. The van der Waals surface area contributed by atoms with Gasteiger partial charge in [-0.2, -0.15) is 4.99 Å². The predicted molar refractivity (Wildman–Crippen MR) is 149 cm³/mol. The molecule has 0 saturated carbocycles. The number of aromatic nitrogens is 2. The molecule has 2 aromatic carbocycles. The zero-order valence-electron chi connectivity index (χ0n) is 21.3. The molecule has 1 aliphatic heterocycles. The summed E-state index contributed by atoms with van der Waals surface area (Å²) >= 11 is 5.59. The molecule has 0 radical (unpaired) electrons. The number of rotatable bonds is 5. The number of aliphatic imine (C=N–C) groups is 1. The third kappa shape index (κ3) is 7.04. The van der Waals surface area contributed by atoms with Crippen molar-refractivity contribution in [1.82, 2.24) is 14.9 Å². The van der Waals surface area contributed by atoms with Crippen molar-refractivity contribution in [3.8, 4) is 11.5 Å². The maximum atomic E-state index is 13.4. The topological polar surface area (TPSA) is 87.1 Å². The van der Waals surface area contributed by atoms with Crippen LogP contribution < -0.4 is 25.0 Å². The quantitative estimate of drug-likeness (QED) is 0.290. The van der Waals surface area contributed by atoms with Crippen LogP contribution in [0.1, 0.15) is 11.4 Å². The number of anilines is 3. The molecule has 1 fully saturated rings. The van der Waals surface area contributed by atoms with E-state index < -0.39 is 0 Å². The monoisotopic (exact) mass is 523 g/mol. The van der Waals surface area contributed by atoms with Crippen LogP contribution in [0.3, 0.4) is 0 Å². The van der Waals surface area contributed by atoms with Crippen LogP contribution in [0, 0.1) is 19.7 Å². The first-order chi connectivity index (χ1) is 17.8. The van der Waals surface area contributed by atoms with Crippen LogP contribution in [0.4, 0.5) is 21.7 Å². The van der Waals surface area contributed by atoms with Gasteiger partial charge in [0.15, 0.2) is 0 Å². The Balaban J connectivity index is 1.55. The van der Waals surface area contributed by atoms with E-state index in [9.17, 15) is 4.39 Å². The second-order valence-corrected chi connectivity index (χ2v) is 8.90. The Morgan fingerprint density at radius 2 is 1.49 bits per heavy atom. The number of hydrogen-bond donors (Lipinski definition) is 2. The lowest BCUT2D eigenvalue weighted by Gasteiger charge is -2.37. The lowest BCUT2D eigenvalue weighted by Crippen LogP contribution is -2.51. The molecular weight excluding hydrogens is 493 g/mol. The van der Waals surface area contributed by atoms with E-state index in [1.54, 1.807) is 32.4 Å². The highest BCUT2D eigenvalue weighted by Gasteiger charge is 2.22. The van der Waals surface area contributed by atoms with Crippen molar-refractivity contribution in [2.24, 2.45) is 4.99 Å². The average Bonchev–Trinajstić information content (AvgIpc) is 2.88. The van der Waals surface area contributed by atoms with Crippen molar-refractivity contribution in [3.63, 3.8) is 0 Å². The second-order valence-electron chi connectivity index (χ2n) is 8.52. The molecule has 194 valence electrons. The Morgan fingerprint density at radius 1 is 0.892 bits per heavy atom. The lowest BCUT2D eigenvalue weighted by molar-refractivity contribution is 0.385. The zero-order chi connectivity index (χ0) is 26.4. The largest absolute Gasteiger partial charge is 0.497 e. The number of piperazine rings is 1. The molecule has 0 aliphatic carbocycles. The molecule has 2 N–H and O–H groups in total. The van der Waals surface area contributed by atoms with Gasteiger partial charge in [-0.25, -0.2) is 14.4 Å². The van der Waals surface area contributed by atoms with Gasteiger partial charge in [0, 0.05) is 67.1 Å². The Bertz CT molecular complexity index is 1240. The molecule has 4 rings (SSSR count). The number of hydrogen-bond acceptors (Lipinski definition) is 6. The number of methoxy groups -OCH3 is 2. The molecule has 0 amide bonds. The average molecular weight is 524 g/mol. The van der Waals surface area contributed by atoms with Gasteiger partial charge in [-0.05, 0) is 56.4 Å². The highest BCUT2D eigenvalue weighted by atomic mass is 32.1. The van der Waals surface area contributed by atoms with E-state index >= 15 is 0 Å². The van der Waals surface area contributed by atoms with Crippen LogP contribution in [0.15, 0.2) is 53.5 Å². The molecule has 3 aromatic rings. The molecule has 0 atom stereocenters. The Morgan fingerprint density at radius 3 is 2.05 bits per heavy atom. The molecule has 0 spiro atoms. The van der Waals surface area contributed by atoms with E-state index in [2.05, 4.69) is 30.4 Å². The molecule has 2 heterocycles. The summed E-state index contributed by atoms with van der Waals surface area (Å²) in [7, 11) is 3.18. The third-order valence-electron chi connectivity index (χ3n) is 5.79. The maximum Gasteiger partial charge on any atom is 0.229 e. The van der Waals surface area contributed by atoms with Crippen LogP contribution in [0.25, 0.3) is 0 Å². The van der Waals surface area contributed by atoms with Crippen molar-refractivity contribution < 1.29 is 13.9 Å². The third-order valence-corrected chi connectivity index (χ3v) is 5.98. The summed E-state index contributed by atoms with van der Waals surface area (Å²) in [4.78, 5) is 18.0. The van der Waals surface area contributed by atoms with Gasteiger partial charge in [0.1, 0.15) is 17.3 Å². The summed E-state index contributed by atoms with van der Waals surface area (Å²) in [5, 5.41) is 6.66. The number of guanidine groups is 1. The molecule has 0 bridgehead atoms. The molecule has 9 nitrogen and oxygen atoms in total. The van der Waals surface area contributed by atoms with E-state index in [4.69, 9.17) is 26.7 Å². The summed E-state index contributed by atoms with van der Waals surface area (Å²) < 4.78 is 24.0. The lowest BCUT2D eigenvalue weighted by atomic mass is 10.2. The Labute approximate surface area is 221 Å². The molecule has 37 heavy (non-hydrogen) atoms. The summed E-state index contributed by atoms with van der Waals surface area (Å²) in [5.74, 6) is 2.00. The van der Waals surface area contributed by atoms with Gasteiger partial charge in [0.25, 0.3) is 0 Å². The van der Waals surface area contributed by atoms with Crippen molar-refractivity contribution in [1.29, 1.82) is 0 Å². The van der Waals surface area contributed by atoms with Crippen LogP contribution >= 0.6 is 12.2 Å². The van der Waals surface area contributed by atoms with Gasteiger partial charge in [0.2, 0.25) is 17.0 Å². The number of ether oxygens (including phenoxy) is 2. The molecular formula is C26H30FN7O2S. The van der Waals surface area contributed by atoms with Crippen LogP contribution in [-0.2, 0) is 0 Å². The standard InChI is InChI=1S/C26H30FN7O2S/c1-17-13-18(2)29-24(28-17)31-25(32-26(37)30-20-14-22(35-3)16-23(15-20)36-4)34-11-9-33(10-12-34)21-7-5-19(27)6-8-21/h5-8,13-16H,9-12H2,1-4H3,(H2,28,29,30,31,32,37). The number of aryl methyl sites for hydroxylation is 2. The second kappa shape index (κ2) is 11.8. The van der Waals surface area contributed by atoms with Crippen molar-refractivity contribution in [2.45, 2.75) is 13.8 Å². The fourth-order valence-electron chi connectivity index (χ4n) is 4.02. The van der Waals surface area contributed by atoms with Gasteiger partial charge in [0.05, 0.1) is 14.2 Å². The normalized spacial score (nSPS) is 13.8. The Kier molecular flexibility index (Phi) is 8.34. The summed E-state index contributed by atoms with van der Waals surface area (Å²) in [5.41, 5.74) is 3.36. The van der Waals surface area contributed by atoms with Crippen molar-refractivity contribution in [3.05, 3.63) is 65.7 Å². The predicted octanol–water partition coefficient (Wildman–Crippen LogP) is 4.24. The molecule has 1 aromatic heterocycles. The van der Waals surface area contributed by atoms with Crippen LogP contribution in [-0.4, -0.2) is 66.3 Å². The molecule has 1 saturated heterocycles. The molecule has 1 aliphatic rings. The number of nitrogens with zero attached hydrogens (tertiary/aromatic N) is 5. The van der Waals surface area contributed by atoms with Crippen LogP contribution in [0.2, 0.25) is 0 Å². The van der Waals surface area contributed by atoms with Gasteiger partial charge in [-0.1, -0.05) is 0 Å². The summed E-state index contributed by atoms with van der Waals surface area (Å²) in [6.07, 6.45) is 0. The van der Waals surface area contributed by atoms with E-state index in [1.165, 1.54) is 12.1 Å². The fourth-order valence-corrected chi connectivity index (χ4v) is 4.22. The van der Waals surface area contributed by atoms with E-state index in [0.29, 0.717) is 42.2 Å². The van der Waals surface area contributed by atoms with Crippen LogP contribution in [0.5, 0.6) is 11.5 Å². The van der Waals surface area contributed by atoms with E-state index in [1.807, 2.05) is 32.0 Å². The van der Waals surface area contributed by atoms with Gasteiger partial charge >= 0.3 is 0 Å². The van der Waals surface area contributed by atoms with Crippen molar-refractivity contribution in [2.75, 3.05) is 55.9 Å². The highest BCUT2D eigenvalue weighted by molar-refractivity contribution is 7.80. The van der Waals surface area contributed by atoms with Crippen molar-refractivity contribution >= 4 is 40.6 Å².